The zero-order valence-corrected chi connectivity index (χ0v) is 10.2. The van der Waals surface area contributed by atoms with Crippen molar-refractivity contribution in [3.63, 3.8) is 0 Å². The van der Waals surface area contributed by atoms with Gasteiger partial charge in [-0.15, -0.1) is 0 Å². The normalized spacial score (nSPS) is 16.3. The van der Waals surface area contributed by atoms with Gasteiger partial charge in [-0.3, -0.25) is 4.55 Å². The van der Waals surface area contributed by atoms with Crippen LogP contribution in [0.15, 0.2) is 0 Å². The van der Waals surface area contributed by atoms with E-state index in [1.54, 1.807) is 7.05 Å². The topological polar surface area (TPSA) is 40.5 Å². The molecule has 0 aromatic carbocycles. The van der Waals surface area contributed by atoms with Crippen molar-refractivity contribution >= 4 is 11.3 Å². The van der Waals surface area contributed by atoms with Gasteiger partial charge in [0.2, 0.25) is 11.3 Å². The van der Waals surface area contributed by atoms with Crippen LogP contribution in [-0.4, -0.2) is 25.7 Å². The summed E-state index contributed by atoms with van der Waals surface area (Å²) in [5, 5.41) is 0. The number of hydrogen-bond acceptors (Lipinski definition) is 1. The van der Waals surface area contributed by atoms with E-state index in [9.17, 15) is 4.21 Å². The zero-order chi connectivity index (χ0) is 10.9. The Hall–Kier alpha value is 0.0700. The summed E-state index contributed by atoms with van der Waals surface area (Å²) < 4.78 is 21.3. The molecule has 0 aromatic heterocycles. The Morgan fingerprint density at radius 2 is 1.62 bits per heavy atom. The quantitative estimate of drug-likeness (QED) is 0.721. The Balaban J connectivity index is 4.48. The molecule has 4 heteroatoms. The van der Waals surface area contributed by atoms with Crippen molar-refractivity contribution in [3.8, 4) is 0 Å². The van der Waals surface area contributed by atoms with Crippen molar-refractivity contribution in [2.75, 3.05) is 7.05 Å². The van der Waals surface area contributed by atoms with Crippen molar-refractivity contribution in [1.82, 2.24) is 4.31 Å². The highest BCUT2D eigenvalue weighted by Gasteiger charge is 2.31. The fraction of sp³-hybridized carbons (Fsp3) is 1.00. The average molecular weight is 207 g/mol. The van der Waals surface area contributed by atoms with Crippen molar-refractivity contribution in [1.29, 1.82) is 0 Å². The minimum atomic E-state index is -1.88. The summed E-state index contributed by atoms with van der Waals surface area (Å²) in [5.74, 6) is 0. The van der Waals surface area contributed by atoms with Crippen LogP contribution in [0, 0.1) is 5.41 Å². The van der Waals surface area contributed by atoms with Crippen molar-refractivity contribution in [2.45, 2.75) is 46.6 Å². The minimum Gasteiger partial charge on any atom is -0.294 e. The summed E-state index contributed by atoms with van der Waals surface area (Å²) >= 11 is -1.88. The second kappa shape index (κ2) is 4.07. The molecule has 0 saturated heterocycles. The number of rotatable bonds is 3. The Labute approximate surface area is 83.9 Å². The largest absolute Gasteiger partial charge is 0.294 e. The summed E-state index contributed by atoms with van der Waals surface area (Å²) in [6.07, 6.45) is 0.878. The first-order valence-corrected chi connectivity index (χ1v) is 5.47. The highest BCUT2D eigenvalue weighted by Crippen LogP contribution is 2.30. The molecular formula is C9H21NO2S. The maximum atomic E-state index is 10.9. The van der Waals surface area contributed by atoms with E-state index in [1.165, 1.54) is 4.31 Å². The summed E-state index contributed by atoms with van der Waals surface area (Å²) in [5.41, 5.74) is -0.0883. The first kappa shape index (κ1) is 13.1. The Morgan fingerprint density at radius 1 is 1.23 bits per heavy atom. The van der Waals surface area contributed by atoms with Gasteiger partial charge in [-0.25, -0.2) is 4.21 Å². The molecule has 0 saturated carbocycles. The third kappa shape index (κ3) is 4.74. The molecule has 80 valence electrons. The molecule has 1 N–H and O–H groups in total. The van der Waals surface area contributed by atoms with E-state index in [2.05, 4.69) is 20.8 Å². The predicted molar refractivity (Wildman–Crippen MR) is 56.7 cm³/mol. The molecule has 0 spiro atoms. The van der Waals surface area contributed by atoms with Crippen LogP contribution in [0.2, 0.25) is 0 Å². The highest BCUT2D eigenvalue weighted by atomic mass is 32.2. The van der Waals surface area contributed by atoms with Gasteiger partial charge in [0.05, 0.1) is 0 Å². The summed E-state index contributed by atoms with van der Waals surface area (Å²) in [6, 6.07) is 0. The van der Waals surface area contributed by atoms with Gasteiger partial charge < -0.3 is 0 Å². The first-order valence-electron chi connectivity index (χ1n) is 4.41. The van der Waals surface area contributed by atoms with Crippen LogP contribution >= 0.6 is 0 Å². The van der Waals surface area contributed by atoms with E-state index in [4.69, 9.17) is 4.55 Å². The summed E-state index contributed by atoms with van der Waals surface area (Å²) in [6.45, 7) is 10.3. The molecule has 13 heavy (non-hydrogen) atoms. The van der Waals surface area contributed by atoms with Crippen molar-refractivity contribution in [2.24, 2.45) is 5.41 Å². The lowest BCUT2D eigenvalue weighted by Gasteiger charge is -2.37. The van der Waals surface area contributed by atoms with E-state index in [-0.39, 0.29) is 11.0 Å². The molecule has 0 fully saturated rings. The van der Waals surface area contributed by atoms with Crippen molar-refractivity contribution in [3.05, 3.63) is 0 Å². The molecule has 0 amide bonds. The fourth-order valence-corrected chi connectivity index (χ4v) is 2.11. The average Bonchev–Trinajstić information content (AvgIpc) is 1.80. The molecule has 0 radical (unpaired) electrons. The molecule has 0 bridgehead atoms. The second-order valence-corrected chi connectivity index (χ2v) is 6.29. The van der Waals surface area contributed by atoms with E-state index < -0.39 is 11.3 Å². The summed E-state index contributed by atoms with van der Waals surface area (Å²) in [4.78, 5) is 0. The van der Waals surface area contributed by atoms with Crippen LogP contribution in [0.5, 0.6) is 0 Å². The third-order valence-electron chi connectivity index (χ3n) is 2.05. The van der Waals surface area contributed by atoms with Gasteiger partial charge in [-0.05, 0) is 25.7 Å². The molecule has 1 unspecified atom stereocenters. The molecule has 0 aliphatic rings. The third-order valence-corrected chi connectivity index (χ3v) is 3.01. The van der Waals surface area contributed by atoms with Gasteiger partial charge >= 0.3 is 0 Å². The summed E-state index contributed by atoms with van der Waals surface area (Å²) in [7, 11) is 1.67. The molecule has 0 aromatic rings. The van der Waals surface area contributed by atoms with Gasteiger partial charge in [0.1, 0.15) is 0 Å². The maximum absolute atomic E-state index is 10.9. The second-order valence-electron chi connectivity index (χ2n) is 5.28. The SMILES string of the molecule is CN(S(=O)O)C(C)(C)CC(C)(C)C. The standard InChI is InChI=1S/C9H21NO2S/c1-8(2,3)7-9(4,5)10(6)13(11)12/h7H2,1-6H3,(H,11,12). The van der Waals surface area contributed by atoms with Crippen LogP contribution in [0.1, 0.15) is 41.0 Å². The minimum absolute atomic E-state index is 0.164. The molecule has 0 rings (SSSR count). The van der Waals surface area contributed by atoms with Crippen LogP contribution in [0.25, 0.3) is 0 Å². The van der Waals surface area contributed by atoms with Crippen LogP contribution in [-0.2, 0) is 11.3 Å². The van der Waals surface area contributed by atoms with E-state index in [1.807, 2.05) is 13.8 Å². The number of nitrogens with zero attached hydrogens (tertiary/aromatic N) is 1. The molecule has 1 atom stereocenters. The van der Waals surface area contributed by atoms with Gasteiger partial charge in [-0.1, -0.05) is 20.8 Å². The van der Waals surface area contributed by atoms with Crippen LogP contribution in [0.3, 0.4) is 0 Å². The molecule has 0 heterocycles. The smallest absolute Gasteiger partial charge is 0.234 e. The predicted octanol–water partition coefficient (Wildman–Crippen LogP) is 2.27. The lowest BCUT2D eigenvalue weighted by molar-refractivity contribution is 0.174. The van der Waals surface area contributed by atoms with Crippen LogP contribution in [0.4, 0.5) is 0 Å². The van der Waals surface area contributed by atoms with Crippen molar-refractivity contribution < 1.29 is 8.76 Å². The fourth-order valence-electron chi connectivity index (χ4n) is 1.62. The molecule has 0 aliphatic carbocycles. The highest BCUT2D eigenvalue weighted by molar-refractivity contribution is 7.76. The Kier molecular flexibility index (Phi) is 4.09. The lowest BCUT2D eigenvalue weighted by atomic mass is 9.82. The van der Waals surface area contributed by atoms with E-state index >= 15 is 0 Å². The van der Waals surface area contributed by atoms with E-state index in [0.29, 0.717) is 0 Å². The zero-order valence-electron chi connectivity index (χ0n) is 9.42. The van der Waals surface area contributed by atoms with Gasteiger partial charge in [0.25, 0.3) is 0 Å². The monoisotopic (exact) mass is 207 g/mol. The maximum Gasteiger partial charge on any atom is 0.234 e. The van der Waals surface area contributed by atoms with Gasteiger partial charge in [0, 0.05) is 12.6 Å². The lowest BCUT2D eigenvalue weighted by Crippen LogP contribution is -2.44. The van der Waals surface area contributed by atoms with Gasteiger partial charge in [-0.2, -0.15) is 4.31 Å². The Morgan fingerprint density at radius 3 is 1.85 bits per heavy atom. The molecule has 3 nitrogen and oxygen atoms in total. The molecule has 0 aliphatic heterocycles. The molecular weight excluding hydrogens is 186 g/mol. The Bertz CT molecular complexity index is 196. The number of hydrogen-bond donors (Lipinski definition) is 1. The van der Waals surface area contributed by atoms with Crippen LogP contribution < -0.4 is 0 Å². The van der Waals surface area contributed by atoms with Gasteiger partial charge in [0.15, 0.2) is 0 Å². The first-order chi connectivity index (χ1) is 5.56. The van der Waals surface area contributed by atoms with E-state index in [0.717, 1.165) is 6.42 Å².